The number of urea groups is 1. The second kappa shape index (κ2) is 6.83. The maximum atomic E-state index is 12.3. The first kappa shape index (κ1) is 15.0. The zero-order valence-corrected chi connectivity index (χ0v) is 12.0. The minimum Gasteiger partial charge on any atom is -0.497 e. The molecule has 0 atom stereocenters. The van der Waals surface area contributed by atoms with Crippen molar-refractivity contribution < 1.29 is 14.7 Å². The number of nitrogens with two attached hydrogens (primary N) is 1. The summed E-state index contributed by atoms with van der Waals surface area (Å²) in [6, 6.07) is 7.21. The lowest BCUT2D eigenvalue weighted by Gasteiger charge is -2.22. The zero-order valence-electron chi connectivity index (χ0n) is 12.0. The molecule has 1 aliphatic carbocycles. The molecule has 0 aromatic heterocycles. The number of amides is 2. The number of amidine groups is 1. The van der Waals surface area contributed by atoms with Gasteiger partial charge in [-0.3, -0.25) is 0 Å². The van der Waals surface area contributed by atoms with E-state index in [4.69, 9.17) is 15.7 Å². The smallest absolute Gasteiger partial charge is 0.322 e. The molecule has 114 valence electrons. The molecule has 1 aromatic carbocycles. The topological polar surface area (TPSA) is 100 Å². The van der Waals surface area contributed by atoms with Crippen LogP contribution in [-0.4, -0.2) is 41.7 Å². The number of rotatable bonds is 6. The van der Waals surface area contributed by atoms with Gasteiger partial charge in [0.1, 0.15) is 11.6 Å². The summed E-state index contributed by atoms with van der Waals surface area (Å²) >= 11 is 0. The molecule has 4 N–H and O–H groups in total. The van der Waals surface area contributed by atoms with Gasteiger partial charge in [-0.15, -0.1) is 0 Å². The average Bonchev–Trinajstić information content (AvgIpc) is 3.32. The number of benzene rings is 1. The summed E-state index contributed by atoms with van der Waals surface area (Å²) in [7, 11) is 1.59. The maximum Gasteiger partial charge on any atom is 0.322 e. The Morgan fingerprint density at radius 1 is 1.48 bits per heavy atom. The molecule has 0 saturated heterocycles. The van der Waals surface area contributed by atoms with Crippen LogP contribution in [0.5, 0.6) is 5.75 Å². The number of carbonyl (C=O) groups excluding carboxylic acids is 1. The van der Waals surface area contributed by atoms with E-state index in [-0.39, 0.29) is 17.9 Å². The van der Waals surface area contributed by atoms with Gasteiger partial charge in [-0.25, -0.2) is 4.79 Å². The molecule has 2 rings (SSSR count). The van der Waals surface area contributed by atoms with Crippen molar-refractivity contribution in [2.75, 3.05) is 19.0 Å². The number of carbonyl (C=O) groups is 1. The van der Waals surface area contributed by atoms with Crippen LogP contribution in [0, 0.1) is 0 Å². The van der Waals surface area contributed by atoms with Crippen LogP contribution in [0.2, 0.25) is 0 Å². The molecule has 21 heavy (non-hydrogen) atoms. The predicted molar refractivity (Wildman–Crippen MR) is 79.8 cm³/mol. The van der Waals surface area contributed by atoms with Crippen molar-refractivity contribution in [3.63, 3.8) is 0 Å². The fourth-order valence-electron chi connectivity index (χ4n) is 1.99. The summed E-state index contributed by atoms with van der Waals surface area (Å²) in [5.41, 5.74) is 6.16. The highest BCUT2D eigenvalue weighted by Gasteiger charge is 2.32. The Kier molecular flexibility index (Phi) is 4.86. The minimum absolute atomic E-state index is 0.123. The molecule has 1 aliphatic rings. The fourth-order valence-corrected chi connectivity index (χ4v) is 1.99. The number of methoxy groups -OCH3 is 1. The van der Waals surface area contributed by atoms with E-state index in [0.717, 1.165) is 18.6 Å². The van der Waals surface area contributed by atoms with Crippen molar-refractivity contribution in [2.45, 2.75) is 25.3 Å². The van der Waals surface area contributed by atoms with Crippen LogP contribution in [0.1, 0.15) is 19.3 Å². The Hall–Kier alpha value is -2.44. The second-order valence-corrected chi connectivity index (χ2v) is 4.92. The molecule has 0 unspecified atom stereocenters. The van der Waals surface area contributed by atoms with E-state index in [0.29, 0.717) is 18.7 Å². The lowest BCUT2D eigenvalue weighted by molar-refractivity contribution is 0.210. The Bertz CT molecular complexity index is 511. The van der Waals surface area contributed by atoms with E-state index in [9.17, 15) is 4.79 Å². The van der Waals surface area contributed by atoms with Gasteiger partial charge in [0.2, 0.25) is 0 Å². The highest BCUT2D eigenvalue weighted by molar-refractivity contribution is 5.90. The van der Waals surface area contributed by atoms with E-state index >= 15 is 0 Å². The Labute approximate surface area is 123 Å². The van der Waals surface area contributed by atoms with Crippen LogP contribution in [0.4, 0.5) is 10.5 Å². The Morgan fingerprint density at radius 2 is 2.14 bits per heavy atom. The number of nitrogens with one attached hydrogen (secondary N) is 1. The SMILES string of the molecule is COc1ccc(NC(=O)N(CCC(N)=NO)C2CC2)cc1. The third-order valence-corrected chi connectivity index (χ3v) is 3.33. The standard InChI is InChI=1S/C14H20N4O3/c1-21-12-6-2-10(3-7-12)16-14(19)18(11-4-5-11)9-8-13(15)17-20/h2-3,6-7,11,20H,4-5,8-9H2,1H3,(H2,15,17)(H,16,19). The molecule has 0 bridgehead atoms. The monoisotopic (exact) mass is 292 g/mol. The van der Waals surface area contributed by atoms with Crippen LogP contribution in [-0.2, 0) is 0 Å². The highest BCUT2D eigenvalue weighted by Crippen LogP contribution is 2.27. The molecular weight excluding hydrogens is 272 g/mol. The van der Waals surface area contributed by atoms with Gasteiger partial charge in [-0.1, -0.05) is 5.16 Å². The second-order valence-electron chi connectivity index (χ2n) is 4.92. The van der Waals surface area contributed by atoms with E-state index in [1.165, 1.54) is 0 Å². The molecule has 0 heterocycles. The molecule has 2 amide bonds. The maximum absolute atomic E-state index is 12.3. The van der Waals surface area contributed by atoms with Gasteiger partial charge in [-0.05, 0) is 37.1 Å². The van der Waals surface area contributed by atoms with Crippen LogP contribution < -0.4 is 15.8 Å². The number of oxime groups is 1. The molecule has 0 radical (unpaired) electrons. The van der Waals surface area contributed by atoms with Gasteiger partial charge < -0.3 is 25.9 Å². The first-order valence-corrected chi connectivity index (χ1v) is 6.82. The van der Waals surface area contributed by atoms with Crippen molar-refractivity contribution in [2.24, 2.45) is 10.9 Å². The molecule has 1 aromatic rings. The molecule has 1 fully saturated rings. The van der Waals surface area contributed by atoms with Crippen LogP contribution in [0.15, 0.2) is 29.4 Å². The summed E-state index contributed by atoms with van der Waals surface area (Å²) in [5.74, 6) is 0.858. The van der Waals surface area contributed by atoms with Crippen molar-refractivity contribution in [1.29, 1.82) is 0 Å². The molecule has 0 spiro atoms. The number of hydrogen-bond donors (Lipinski definition) is 3. The van der Waals surface area contributed by atoms with E-state index in [2.05, 4.69) is 10.5 Å². The van der Waals surface area contributed by atoms with Gasteiger partial charge in [0, 0.05) is 24.7 Å². The molecule has 7 heteroatoms. The summed E-state index contributed by atoms with van der Waals surface area (Å²) in [6.45, 7) is 0.433. The summed E-state index contributed by atoms with van der Waals surface area (Å²) < 4.78 is 5.07. The van der Waals surface area contributed by atoms with E-state index in [1.807, 2.05) is 0 Å². The molecule has 1 saturated carbocycles. The van der Waals surface area contributed by atoms with Crippen LogP contribution in [0.25, 0.3) is 0 Å². The highest BCUT2D eigenvalue weighted by atomic mass is 16.5. The predicted octanol–water partition coefficient (Wildman–Crippen LogP) is 1.83. The van der Waals surface area contributed by atoms with E-state index in [1.54, 1.807) is 36.3 Å². The quantitative estimate of drug-likeness (QED) is 0.322. The number of hydrogen-bond acceptors (Lipinski definition) is 4. The largest absolute Gasteiger partial charge is 0.497 e. The third kappa shape index (κ3) is 4.27. The van der Waals surface area contributed by atoms with Crippen molar-refractivity contribution in [3.05, 3.63) is 24.3 Å². The average molecular weight is 292 g/mol. The van der Waals surface area contributed by atoms with Crippen molar-refractivity contribution in [3.8, 4) is 5.75 Å². The van der Waals surface area contributed by atoms with Gasteiger partial charge in [0.25, 0.3) is 0 Å². The summed E-state index contributed by atoms with van der Waals surface area (Å²) in [5, 5.41) is 14.3. The van der Waals surface area contributed by atoms with Gasteiger partial charge in [0.05, 0.1) is 7.11 Å². The van der Waals surface area contributed by atoms with Gasteiger partial charge in [0.15, 0.2) is 0 Å². The van der Waals surface area contributed by atoms with Crippen LogP contribution in [0.3, 0.4) is 0 Å². The minimum atomic E-state index is -0.173. The first-order valence-electron chi connectivity index (χ1n) is 6.82. The number of anilines is 1. The lowest BCUT2D eigenvalue weighted by atomic mass is 10.3. The van der Waals surface area contributed by atoms with Crippen LogP contribution >= 0.6 is 0 Å². The van der Waals surface area contributed by atoms with Crippen molar-refractivity contribution in [1.82, 2.24) is 4.90 Å². The Balaban J connectivity index is 1.94. The summed E-state index contributed by atoms with van der Waals surface area (Å²) in [4.78, 5) is 14.0. The molecule has 0 aliphatic heterocycles. The number of nitrogens with zero attached hydrogens (tertiary/aromatic N) is 2. The molecule has 7 nitrogen and oxygen atoms in total. The van der Waals surface area contributed by atoms with Crippen molar-refractivity contribution >= 4 is 17.6 Å². The number of ether oxygens (including phenoxy) is 1. The third-order valence-electron chi connectivity index (χ3n) is 3.33. The fraction of sp³-hybridized carbons (Fsp3) is 0.429. The van der Waals surface area contributed by atoms with Gasteiger partial charge >= 0.3 is 6.03 Å². The Morgan fingerprint density at radius 3 is 2.67 bits per heavy atom. The van der Waals surface area contributed by atoms with E-state index < -0.39 is 0 Å². The zero-order chi connectivity index (χ0) is 15.2. The van der Waals surface area contributed by atoms with Gasteiger partial charge in [-0.2, -0.15) is 0 Å². The first-order chi connectivity index (χ1) is 10.1. The molecular formula is C14H20N4O3. The lowest BCUT2D eigenvalue weighted by Crippen LogP contribution is -2.38. The normalized spacial score (nSPS) is 14.6. The summed E-state index contributed by atoms with van der Waals surface area (Å²) in [6.07, 6.45) is 2.33.